The molecule has 0 aliphatic heterocycles. The van der Waals surface area contributed by atoms with E-state index in [1.807, 2.05) is 6.07 Å². The van der Waals surface area contributed by atoms with E-state index in [1.165, 1.54) is 6.92 Å². The maximum absolute atomic E-state index is 11.7. The molecule has 4 nitrogen and oxygen atoms in total. The van der Waals surface area contributed by atoms with Crippen molar-refractivity contribution in [2.24, 2.45) is 0 Å². The van der Waals surface area contributed by atoms with Crippen molar-refractivity contribution in [1.82, 2.24) is 5.32 Å². The highest BCUT2D eigenvalue weighted by Crippen LogP contribution is 2.03. The third kappa shape index (κ3) is 4.82. The Hall–Kier alpha value is -2.10. The van der Waals surface area contributed by atoms with Gasteiger partial charge >= 0.3 is 5.97 Å². The number of esters is 1. The SMILES string of the molecule is C=CC[C@@H](COC(=O)c1ccccc1)NC(C)=O. The van der Waals surface area contributed by atoms with Crippen LogP contribution in [0.4, 0.5) is 0 Å². The van der Waals surface area contributed by atoms with Crippen LogP contribution in [-0.4, -0.2) is 24.5 Å². The predicted molar refractivity (Wildman–Crippen MR) is 69.1 cm³/mol. The summed E-state index contributed by atoms with van der Waals surface area (Å²) in [5.74, 6) is -0.548. The monoisotopic (exact) mass is 247 g/mol. The smallest absolute Gasteiger partial charge is 0.338 e. The molecule has 1 atom stereocenters. The number of hydrogen-bond donors (Lipinski definition) is 1. The number of nitrogens with one attached hydrogen (secondary N) is 1. The molecular weight excluding hydrogens is 230 g/mol. The summed E-state index contributed by atoms with van der Waals surface area (Å²) in [6.07, 6.45) is 2.23. The van der Waals surface area contributed by atoms with Gasteiger partial charge < -0.3 is 10.1 Å². The fourth-order valence-electron chi connectivity index (χ4n) is 1.49. The molecule has 1 aromatic carbocycles. The molecule has 0 aromatic heterocycles. The first-order valence-electron chi connectivity index (χ1n) is 5.73. The Morgan fingerprint density at radius 2 is 2.06 bits per heavy atom. The Bertz CT molecular complexity index is 414. The summed E-state index contributed by atoms with van der Waals surface area (Å²) < 4.78 is 5.14. The molecule has 1 N–H and O–H groups in total. The Kier molecular flexibility index (Phi) is 5.64. The third-order valence-electron chi connectivity index (χ3n) is 2.28. The zero-order chi connectivity index (χ0) is 13.4. The van der Waals surface area contributed by atoms with Crippen molar-refractivity contribution in [1.29, 1.82) is 0 Å². The zero-order valence-corrected chi connectivity index (χ0v) is 10.4. The summed E-state index contributed by atoms with van der Waals surface area (Å²) in [6.45, 7) is 5.17. The van der Waals surface area contributed by atoms with Gasteiger partial charge in [0.1, 0.15) is 6.61 Å². The van der Waals surface area contributed by atoms with E-state index in [2.05, 4.69) is 11.9 Å². The molecule has 1 rings (SSSR count). The van der Waals surface area contributed by atoms with Gasteiger partial charge in [-0.15, -0.1) is 6.58 Å². The molecule has 96 valence electrons. The maximum Gasteiger partial charge on any atom is 0.338 e. The van der Waals surface area contributed by atoms with Gasteiger partial charge in [0.05, 0.1) is 11.6 Å². The lowest BCUT2D eigenvalue weighted by Gasteiger charge is -2.16. The number of amides is 1. The molecule has 1 aromatic rings. The van der Waals surface area contributed by atoms with Gasteiger partial charge in [-0.25, -0.2) is 4.79 Å². The highest BCUT2D eigenvalue weighted by molar-refractivity contribution is 5.89. The summed E-state index contributed by atoms with van der Waals surface area (Å²) in [5, 5.41) is 2.70. The average Bonchev–Trinajstić information content (AvgIpc) is 2.36. The number of benzene rings is 1. The predicted octanol–water partition coefficient (Wildman–Crippen LogP) is 1.92. The van der Waals surface area contributed by atoms with Gasteiger partial charge in [-0.05, 0) is 18.6 Å². The molecule has 0 bridgehead atoms. The molecule has 0 unspecified atom stereocenters. The van der Waals surface area contributed by atoms with Crippen molar-refractivity contribution in [2.45, 2.75) is 19.4 Å². The van der Waals surface area contributed by atoms with Crippen LogP contribution >= 0.6 is 0 Å². The van der Waals surface area contributed by atoms with Crippen molar-refractivity contribution in [2.75, 3.05) is 6.61 Å². The van der Waals surface area contributed by atoms with E-state index in [-0.39, 0.29) is 18.6 Å². The molecule has 0 radical (unpaired) electrons. The van der Waals surface area contributed by atoms with Crippen LogP contribution in [0.1, 0.15) is 23.7 Å². The molecule has 0 saturated carbocycles. The van der Waals surface area contributed by atoms with Crippen LogP contribution < -0.4 is 5.32 Å². The van der Waals surface area contributed by atoms with E-state index >= 15 is 0 Å². The van der Waals surface area contributed by atoms with Crippen LogP contribution in [0.2, 0.25) is 0 Å². The van der Waals surface area contributed by atoms with Crippen LogP contribution in [-0.2, 0) is 9.53 Å². The van der Waals surface area contributed by atoms with Crippen LogP contribution in [0.3, 0.4) is 0 Å². The van der Waals surface area contributed by atoms with Gasteiger partial charge in [-0.1, -0.05) is 24.3 Å². The summed E-state index contributed by atoms with van der Waals surface area (Å²) >= 11 is 0. The van der Waals surface area contributed by atoms with Gasteiger partial charge in [-0.3, -0.25) is 4.79 Å². The highest BCUT2D eigenvalue weighted by atomic mass is 16.5. The first kappa shape index (κ1) is 14.0. The number of ether oxygens (including phenoxy) is 1. The molecule has 4 heteroatoms. The van der Waals surface area contributed by atoms with Gasteiger partial charge in [-0.2, -0.15) is 0 Å². The van der Waals surface area contributed by atoms with Crippen LogP contribution in [0.5, 0.6) is 0 Å². The van der Waals surface area contributed by atoms with Crippen molar-refractivity contribution < 1.29 is 14.3 Å². The molecular formula is C14H17NO3. The topological polar surface area (TPSA) is 55.4 Å². The minimum absolute atomic E-state index is 0.138. The molecule has 18 heavy (non-hydrogen) atoms. The minimum Gasteiger partial charge on any atom is -0.460 e. The largest absolute Gasteiger partial charge is 0.460 e. The summed E-state index contributed by atoms with van der Waals surface area (Å²) in [7, 11) is 0. The quantitative estimate of drug-likeness (QED) is 0.617. The number of carbonyl (C=O) groups is 2. The Balaban J connectivity index is 2.49. The van der Waals surface area contributed by atoms with Crippen LogP contribution in [0.25, 0.3) is 0 Å². The van der Waals surface area contributed by atoms with Crippen LogP contribution in [0.15, 0.2) is 43.0 Å². The molecule has 0 fully saturated rings. The van der Waals surface area contributed by atoms with Crippen LogP contribution in [0, 0.1) is 0 Å². The molecule has 1 amide bonds. The summed E-state index contributed by atoms with van der Waals surface area (Å²) in [6, 6.07) is 8.51. The first-order valence-corrected chi connectivity index (χ1v) is 5.73. The molecule has 0 aliphatic carbocycles. The lowest BCUT2D eigenvalue weighted by atomic mass is 10.2. The van der Waals surface area contributed by atoms with E-state index in [0.717, 1.165) is 0 Å². The standard InChI is InChI=1S/C14H17NO3/c1-3-7-13(15-11(2)16)10-18-14(17)12-8-5-4-6-9-12/h3-6,8-9,13H,1,7,10H2,2H3,(H,15,16)/t13-/m0/s1. The van der Waals surface area contributed by atoms with E-state index in [9.17, 15) is 9.59 Å². The van der Waals surface area contributed by atoms with Crippen molar-refractivity contribution in [3.63, 3.8) is 0 Å². The molecule has 0 aliphatic rings. The van der Waals surface area contributed by atoms with E-state index in [0.29, 0.717) is 12.0 Å². The Morgan fingerprint density at radius 1 is 1.39 bits per heavy atom. The summed E-state index contributed by atoms with van der Waals surface area (Å²) in [4.78, 5) is 22.6. The number of rotatable bonds is 6. The van der Waals surface area contributed by atoms with Crippen molar-refractivity contribution in [3.8, 4) is 0 Å². The summed E-state index contributed by atoms with van der Waals surface area (Å²) in [5.41, 5.74) is 0.498. The second-order valence-electron chi connectivity index (χ2n) is 3.89. The van der Waals surface area contributed by atoms with Gasteiger partial charge in [0, 0.05) is 6.92 Å². The average molecular weight is 247 g/mol. The van der Waals surface area contributed by atoms with E-state index in [1.54, 1.807) is 30.3 Å². The van der Waals surface area contributed by atoms with Crippen molar-refractivity contribution >= 4 is 11.9 Å². The minimum atomic E-state index is -0.394. The van der Waals surface area contributed by atoms with Gasteiger partial charge in [0.2, 0.25) is 5.91 Å². The van der Waals surface area contributed by atoms with Gasteiger partial charge in [0.25, 0.3) is 0 Å². The Labute approximate surface area is 107 Å². The number of carbonyl (C=O) groups excluding carboxylic acids is 2. The fraction of sp³-hybridized carbons (Fsp3) is 0.286. The Morgan fingerprint density at radius 3 is 2.61 bits per heavy atom. The second-order valence-corrected chi connectivity index (χ2v) is 3.89. The van der Waals surface area contributed by atoms with Gasteiger partial charge in [0.15, 0.2) is 0 Å². The van der Waals surface area contributed by atoms with E-state index in [4.69, 9.17) is 4.74 Å². The fourth-order valence-corrected chi connectivity index (χ4v) is 1.49. The molecule has 0 spiro atoms. The second kappa shape index (κ2) is 7.27. The van der Waals surface area contributed by atoms with Crippen molar-refractivity contribution in [3.05, 3.63) is 48.6 Å². The normalized spacial score (nSPS) is 11.4. The maximum atomic E-state index is 11.7. The number of hydrogen-bond acceptors (Lipinski definition) is 3. The lowest BCUT2D eigenvalue weighted by Crippen LogP contribution is -2.37. The van der Waals surface area contributed by atoms with E-state index < -0.39 is 5.97 Å². The molecule has 0 heterocycles. The third-order valence-corrected chi connectivity index (χ3v) is 2.28. The zero-order valence-electron chi connectivity index (χ0n) is 10.4. The lowest BCUT2D eigenvalue weighted by molar-refractivity contribution is -0.120. The first-order chi connectivity index (χ1) is 8.63. The highest BCUT2D eigenvalue weighted by Gasteiger charge is 2.12. The molecule has 0 saturated heterocycles.